The van der Waals surface area contributed by atoms with Crippen LogP contribution in [0.1, 0.15) is 29.5 Å². The summed E-state index contributed by atoms with van der Waals surface area (Å²) >= 11 is 1.73. The number of nitrogens with zero attached hydrogens (tertiary/aromatic N) is 1. The minimum absolute atomic E-state index is 0.534. The lowest BCUT2D eigenvalue weighted by atomic mass is 10.1. The van der Waals surface area contributed by atoms with E-state index >= 15 is 0 Å². The molecule has 1 unspecified atom stereocenters. The van der Waals surface area contributed by atoms with Crippen molar-refractivity contribution < 1.29 is 0 Å². The molecule has 0 radical (unpaired) electrons. The van der Waals surface area contributed by atoms with Gasteiger partial charge in [-0.3, -0.25) is 0 Å². The van der Waals surface area contributed by atoms with E-state index in [0.717, 1.165) is 18.7 Å². The van der Waals surface area contributed by atoms with Crippen LogP contribution in [0, 0.1) is 6.92 Å². The monoisotopic (exact) mass is 260 g/mol. The molecule has 1 heterocycles. The summed E-state index contributed by atoms with van der Waals surface area (Å²) in [7, 11) is 0. The van der Waals surface area contributed by atoms with Crippen LogP contribution >= 0.6 is 11.3 Å². The molecule has 1 atom stereocenters. The Balaban J connectivity index is 1.73. The van der Waals surface area contributed by atoms with Gasteiger partial charge in [-0.05, 0) is 32.3 Å². The van der Waals surface area contributed by atoms with Crippen LogP contribution < -0.4 is 5.32 Å². The maximum atomic E-state index is 4.27. The predicted molar refractivity (Wildman–Crippen MR) is 77.9 cm³/mol. The van der Waals surface area contributed by atoms with Crippen molar-refractivity contribution in [2.75, 3.05) is 0 Å². The van der Waals surface area contributed by atoms with Crippen molar-refractivity contribution in [2.24, 2.45) is 0 Å². The van der Waals surface area contributed by atoms with Crippen molar-refractivity contribution >= 4 is 11.3 Å². The second-order valence-corrected chi connectivity index (χ2v) is 5.61. The van der Waals surface area contributed by atoms with E-state index in [9.17, 15) is 0 Å². The van der Waals surface area contributed by atoms with Gasteiger partial charge in [0.2, 0.25) is 0 Å². The smallest absolute Gasteiger partial charge is 0.0798 e. The van der Waals surface area contributed by atoms with E-state index in [1.807, 2.05) is 5.51 Å². The van der Waals surface area contributed by atoms with Crippen LogP contribution in [0.15, 0.2) is 35.8 Å². The van der Waals surface area contributed by atoms with E-state index < -0.39 is 0 Å². The van der Waals surface area contributed by atoms with E-state index in [1.165, 1.54) is 16.9 Å². The maximum Gasteiger partial charge on any atom is 0.0798 e. The lowest BCUT2D eigenvalue weighted by Crippen LogP contribution is -2.25. The predicted octanol–water partition coefficient (Wildman–Crippen LogP) is 3.56. The molecule has 2 nitrogen and oxygen atoms in total. The van der Waals surface area contributed by atoms with Gasteiger partial charge in [-0.1, -0.05) is 30.3 Å². The van der Waals surface area contributed by atoms with Crippen molar-refractivity contribution in [2.45, 2.75) is 39.3 Å². The Morgan fingerprint density at radius 3 is 2.72 bits per heavy atom. The van der Waals surface area contributed by atoms with Gasteiger partial charge in [0.25, 0.3) is 0 Å². The highest BCUT2D eigenvalue weighted by Crippen LogP contribution is 2.12. The zero-order valence-corrected chi connectivity index (χ0v) is 11.8. The Hall–Kier alpha value is -1.19. The third-order valence-electron chi connectivity index (χ3n) is 3.16. The van der Waals surface area contributed by atoms with Crippen LogP contribution in [0.3, 0.4) is 0 Å². The molecule has 0 saturated heterocycles. The first-order valence-corrected chi connectivity index (χ1v) is 7.30. The summed E-state index contributed by atoms with van der Waals surface area (Å²) in [6.07, 6.45) is 2.30. The van der Waals surface area contributed by atoms with Crippen molar-refractivity contribution in [3.05, 3.63) is 52.0 Å². The van der Waals surface area contributed by atoms with E-state index in [2.05, 4.69) is 54.5 Å². The molecule has 1 aromatic heterocycles. The van der Waals surface area contributed by atoms with E-state index in [1.54, 1.807) is 11.3 Å². The molecule has 2 aromatic rings. The molecular weight excluding hydrogens is 240 g/mol. The Kier molecular flexibility index (Phi) is 4.90. The molecule has 0 aliphatic rings. The minimum Gasteiger partial charge on any atom is -0.309 e. The number of rotatable bonds is 6. The number of thiazole rings is 1. The maximum absolute atomic E-state index is 4.27. The van der Waals surface area contributed by atoms with Gasteiger partial charge in [-0.2, -0.15) is 0 Å². The van der Waals surface area contributed by atoms with Crippen molar-refractivity contribution in [3.63, 3.8) is 0 Å². The number of hydrogen-bond donors (Lipinski definition) is 1. The molecule has 0 bridgehead atoms. The molecule has 0 fully saturated rings. The molecule has 18 heavy (non-hydrogen) atoms. The SMILES string of the molecule is Cc1ncsc1CNC(C)CCc1ccccc1. The number of aromatic nitrogens is 1. The fourth-order valence-electron chi connectivity index (χ4n) is 1.89. The molecule has 3 heteroatoms. The Morgan fingerprint density at radius 1 is 1.28 bits per heavy atom. The van der Waals surface area contributed by atoms with Crippen LogP contribution in [0.2, 0.25) is 0 Å². The summed E-state index contributed by atoms with van der Waals surface area (Å²) in [5, 5.41) is 3.57. The fourth-order valence-corrected chi connectivity index (χ4v) is 2.62. The van der Waals surface area contributed by atoms with Gasteiger partial charge in [-0.25, -0.2) is 4.98 Å². The lowest BCUT2D eigenvalue weighted by Gasteiger charge is -2.13. The zero-order chi connectivity index (χ0) is 12.8. The third-order valence-corrected chi connectivity index (χ3v) is 4.10. The van der Waals surface area contributed by atoms with Crippen molar-refractivity contribution in [3.8, 4) is 0 Å². The Morgan fingerprint density at radius 2 is 2.06 bits per heavy atom. The van der Waals surface area contributed by atoms with Crippen LogP contribution in [0.4, 0.5) is 0 Å². The van der Waals surface area contributed by atoms with Gasteiger partial charge >= 0.3 is 0 Å². The quantitative estimate of drug-likeness (QED) is 0.859. The first kappa shape index (κ1) is 13.2. The normalized spacial score (nSPS) is 12.6. The van der Waals surface area contributed by atoms with Crippen LogP contribution in [0.25, 0.3) is 0 Å². The third kappa shape index (κ3) is 3.93. The summed E-state index contributed by atoms with van der Waals surface area (Å²) < 4.78 is 0. The number of aryl methyl sites for hydroxylation is 2. The highest BCUT2D eigenvalue weighted by Gasteiger charge is 2.05. The molecule has 1 aromatic carbocycles. The van der Waals surface area contributed by atoms with Crippen molar-refractivity contribution in [1.82, 2.24) is 10.3 Å². The van der Waals surface area contributed by atoms with Gasteiger partial charge in [0.05, 0.1) is 11.2 Å². The van der Waals surface area contributed by atoms with Gasteiger partial charge in [0.15, 0.2) is 0 Å². The van der Waals surface area contributed by atoms with E-state index in [4.69, 9.17) is 0 Å². The van der Waals surface area contributed by atoms with Gasteiger partial charge < -0.3 is 5.32 Å². The van der Waals surface area contributed by atoms with Gasteiger partial charge in [0, 0.05) is 17.5 Å². The molecule has 0 aliphatic heterocycles. The minimum atomic E-state index is 0.534. The fraction of sp³-hybridized carbons (Fsp3) is 0.400. The van der Waals surface area contributed by atoms with Gasteiger partial charge in [-0.15, -0.1) is 11.3 Å². The largest absolute Gasteiger partial charge is 0.309 e. The van der Waals surface area contributed by atoms with Crippen LogP contribution in [-0.4, -0.2) is 11.0 Å². The number of hydrogen-bond acceptors (Lipinski definition) is 3. The Labute approximate surface area is 113 Å². The molecule has 0 saturated carbocycles. The number of benzene rings is 1. The summed E-state index contributed by atoms with van der Waals surface area (Å²) in [5.74, 6) is 0. The summed E-state index contributed by atoms with van der Waals surface area (Å²) in [6.45, 7) is 5.26. The lowest BCUT2D eigenvalue weighted by molar-refractivity contribution is 0.516. The van der Waals surface area contributed by atoms with Crippen LogP contribution in [0.5, 0.6) is 0 Å². The first-order chi connectivity index (χ1) is 8.75. The second kappa shape index (κ2) is 6.66. The topological polar surface area (TPSA) is 24.9 Å². The van der Waals surface area contributed by atoms with Crippen molar-refractivity contribution in [1.29, 1.82) is 0 Å². The molecule has 0 amide bonds. The molecule has 0 spiro atoms. The molecule has 0 aliphatic carbocycles. The highest BCUT2D eigenvalue weighted by atomic mass is 32.1. The summed E-state index contributed by atoms with van der Waals surface area (Å²) in [5.41, 5.74) is 4.49. The molecular formula is C15H20N2S. The Bertz CT molecular complexity index is 464. The average Bonchev–Trinajstić information content (AvgIpc) is 2.81. The highest BCUT2D eigenvalue weighted by molar-refractivity contribution is 7.09. The first-order valence-electron chi connectivity index (χ1n) is 6.42. The van der Waals surface area contributed by atoms with E-state index in [-0.39, 0.29) is 0 Å². The zero-order valence-electron chi connectivity index (χ0n) is 11.0. The molecule has 96 valence electrons. The standard InChI is InChI=1S/C15H20N2S/c1-12(8-9-14-6-4-3-5-7-14)16-10-15-13(2)17-11-18-15/h3-7,11-12,16H,8-10H2,1-2H3. The molecule has 1 N–H and O–H groups in total. The van der Waals surface area contributed by atoms with Crippen LogP contribution in [-0.2, 0) is 13.0 Å². The van der Waals surface area contributed by atoms with E-state index in [0.29, 0.717) is 6.04 Å². The molecule has 2 rings (SSSR count). The summed E-state index contributed by atoms with van der Waals surface area (Å²) in [4.78, 5) is 5.62. The summed E-state index contributed by atoms with van der Waals surface area (Å²) in [6, 6.07) is 11.2. The number of nitrogens with one attached hydrogen (secondary N) is 1. The average molecular weight is 260 g/mol. The van der Waals surface area contributed by atoms with Gasteiger partial charge in [0.1, 0.15) is 0 Å². The second-order valence-electron chi connectivity index (χ2n) is 4.67.